The summed E-state index contributed by atoms with van der Waals surface area (Å²) in [6, 6.07) is 22.3. The Morgan fingerprint density at radius 3 is 2.46 bits per heavy atom. The minimum absolute atomic E-state index is 0.0630. The molecule has 37 heavy (non-hydrogen) atoms. The Kier molecular flexibility index (Phi) is 8.13. The van der Waals surface area contributed by atoms with E-state index >= 15 is 0 Å². The Morgan fingerprint density at radius 2 is 1.78 bits per heavy atom. The maximum Gasteiger partial charge on any atom is 0.260 e. The number of nitrogens with two attached hydrogens (primary N) is 1. The number of nitrogens with zero attached hydrogens (tertiary/aromatic N) is 2. The van der Waals surface area contributed by atoms with Gasteiger partial charge in [-0.05, 0) is 67.6 Å². The third-order valence-corrected chi connectivity index (χ3v) is 6.74. The van der Waals surface area contributed by atoms with E-state index in [1.807, 2.05) is 13.0 Å². The van der Waals surface area contributed by atoms with Gasteiger partial charge in [-0.25, -0.2) is 4.99 Å². The molecule has 8 nitrogen and oxygen atoms in total. The van der Waals surface area contributed by atoms with Gasteiger partial charge in [0.05, 0.1) is 29.1 Å². The smallest absolute Gasteiger partial charge is 0.260 e. The third kappa shape index (κ3) is 6.12. The standard InChI is InChI=1S/C27H22ClN5O3S/c1-2-36-20-13-11-19(12-14-20)32-27-22(25(34)31-18-9-7-17(28)8-10-18)23(30)24(37-27)26(35)33-21-6-4-3-5-16(21)15-29/h3-14,24H,2,30H2,1H3,(H,31,34)(H,33,35). The SMILES string of the molecule is CCOc1ccc(N=C2SC(C(=O)Nc3ccccc3C#N)C(N)=C2C(=O)Nc2ccc(Cl)cc2)cc1. The van der Waals surface area contributed by atoms with E-state index in [4.69, 9.17) is 22.1 Å². The van der Waals surface area contributed by atoms with Gasteiger partial charge in [-0.15, -0.1) is 0 Å². The first-order valence-electron chi connectivity index (χ1n) is 11.2. The van der Waals surface area contributed by atoms with Gasteiger partial charge in [0.15, 0.2) is 0 Å². The Morgan fingerprint density at radius 1 is 1.08 bits per heavy atom. The van der Waals surface area contributed by atoms with Crippen LogP contribution in [0, 0.1) is 11.3 Å². The number of halogens is 1. The van der Waals surface area contributed by atoms with Crippen LogP contribution >= 0.6 is 23.4 Å². The van der Waals surface area contributed by atoms with Gasteiger partial charge in [0.25, 0.3) is 5.91 Å². The second kappa shape index (κ2) is 11.6. The first-order chi connectivity index (χ1) is 17.9. The molecule has 0 spiro atoms. The summed E-state index contributed by atoms with van der Waals surface area (Å²) in [5, 5.41) is 14.8. The highest BCUT2D eigenvalue weighted by atomic mass is 35.5. The molecule has 0 fully saturated rings. The summed E-state index contributed by atoms with van der Waals surface area (Å²) in [6.07, 6.45) is 0. The molecule has 10 heteroatoms. The fraction of sp³-hybridized carbons (Fsp3) is 0.111. The van der Waals surface area contributed by atoms with Gasteiger partial charge in [-0.3, -0.25) is 9.59 Å². The van der Waals surface area contributed by atoms with E-state index in [0.717, 1.165) is 11.8 Å². The zero-order chi connectivity index (χ0) is 26.4. The highest BCUT2D eigenvalue weighted by Gasteiger charge is 2.38. The second-order valence-corrected chi connectivity index (χ2v) is 9.31. The Hall–Kier alpha value is -4.26. The van der Waals surface area contributed by atoms with Crippen LogP contribution in [0.3, 0.4) is 0 Å². The predicted octanol–water partition coefficient (Wildman–Crippen LogP) is 5.25. The van der Waals surface area contributed by atoms with Gasteiger partial charge in [0, 0.05) is 16.4 Å². The lowest BCUT2D eigenvalue weighted by atomic mass is 10.1. The van der Waals surface area contributed by atoms with Gasteiger partial charge in [-0.1, -0.05) is 35.5 Å². The van der Waals surface area contributed by atoms with Crippen molar-refractivity contribution in [3.05, 3.63) is 94.7 Å². The summed E-state index contributed by atoms with van der Waals surface area (Å²) in [5.41, 5.74) is 8.28. The van der Waals surface area contributed by atoms with E-state index in [-0.39, 0.29) is 11.3 Å². The van der Waals surface area contributed by atoms with Crippen molar-refractivity contribution in [2.75, 3.05) is 17.2 Å². The Bertz CT molecular complexity index is 1430. The predicted molar refractivity (Wildman–Crippen MR) is 147 cm³/mol. The third-order valence-electron chi connectivity index (χ3n) is 5.27. The van der Waals surface area contributed by atoms with Crippen LogP contribution in [0.15, 0.2) is 89.1 Å². The molecule has 0 radical (unpaired) electrons. The molecule has 1 aliphatic rings. The first kappa shape index (κ1) is 25.8. The van der Waals surface area contributed by atoms with E-state index in [0.29, 0.717) is 45.0 Å². The highest BCUT2D eigenvalue weighted by molar-refractivity contribution is 8.16. The van der Waals surface area contributed by atoms with E-state index < -0.39 is 17.1 Å². The minimum Gasteiger partial charge on any atom is -0.494 e. The Labute approximate surface area is 223 Å². The van der Waals surface area contributed by atoms with Gasteiger partial charge in [0.1, 0.15) is 22.1 Å². The number of hydrogen-bond acceptors (Lipinski definition) is 7. The number of rotatable bonds is 7. The maximum absolute atomic E-state index is 13.3. The van der Waals surface area contributed by atoms with E-state index in [9.17, 15) is 14.9 Å². The number of ether oxygens (including phenoxy) is 1. The number of anilines is 2. The van der Waals surface area contributed by atoms with Crippen LogP contribution in [0.25, 0.3) is 0 Å². The maximum atomic E-state index is 13.3. The number of amides is 2. The first-order valence-corrected chi connectivity index (χ1v) is 12.5. The monoisotopic (exact) mass is 531 g/mol. The molecule has 1 aliphatic heterocycles. The van der Waals surface area contributed by atoms with E-state index in [1.165, 1.54) is 0 Å². The van der Waals surface area contributed by atoms with Crippen molar-refractivity contribution in [3.8, 4) is 11.8 Å². The average molecular weight is 532 g/mol. The summed E-state index contributed by atoms with van der Waals surface area (Å²) >= 11 is 7.01. The van der Waals surface area contributed by atoms with Gasteiger partial charge < -0.3 is 21.1 Å². The number of nitriles is 1. The van der Waals surface area contributed by atoms with Crippen molar-refractivity contribution >= 4 is 57.3 Å². The van der Waals surface area contributed by atoms with Crippen LogP contribution in [0.5, 0.6) is 5.75 Å². The lowest BCUT2D eigenvalue weighted by Crippen LogP contribution is -2.29. The summed E-state index contributed by atoms with van der Waals surface area (Å²) in [7, 11) is 0. The molecule has 2 amide bonds. The molecule has 3 aromatic carbocycles. The lowest BCUT2D eigenvalue weighted by Gasteiger charge is -2.12. The van der Waals surface area contributed by atoms with Crippen LogP contribution in [-0.4, -0.2) is 28.7 Å². The normalized spacial score (nSPS) is 15.8. The van der Waals surface area contributed by atoms with Crippen molar-refractivity contribution in [1.82, 2.24) is 0 Å². The van der Waals surface area contributed by atoms with Gasteiger partial charge >= 0.3 is 0 Å². The molecule has 186 valence electrons. The van der Waals surface area contributed by atoms with Crippen LogP contribution in [0.4, 0.5) is 17.1 Å². The summed E-state index contributed by atoms with van der Waals surface area (Å²) < 4.78 is 5.47. The van der Waals surface area contributed by atoms with Crippen LogP contribution in [0.2, 0.25) is 5.02 Å². The summed E-state index contributed by atoms with van der Waals surface area (Å²) in [4.78, 5) is 31.1. The van der Waals surface area contributed by atoms with E-state index in [2.05, 4.69) is 15.6 Å². The number of nitrogens with one attached hydrogen (secondary N) is 2. The van der Waals surface area contributed by atoms with Crippen molar-refractivity contribution < 1.29 is 14.3 Å². The molecule has 0 saturated carbocycles. The number of carbonyl (C=O) groups is 2. The number of benzene rings is 3. The molecule has 4 N–H and O–H groups in total. The fourth-order valence-electron chi connectivity index (χ4n) is 3.51. The Balaban J connectivity index is 1.66. The topological polar surface area (TPSA) is 130 Å². The molecule has 0 saturated heterocycles. The number of para-hydroxylation sites is 1. The zero-order valence-electron chi connectivity index (χ0n) is 19.7. The molecule has 0 bridgehead atoms. The van der Waals surface area contributed by atoms with Crippen LogP contribution in [0.1, 0.15) is 12.5 Å². The van der Waals surface area contributed by atoms with E-state index in [1.54, 1.807) is 72.8 Å². The minimum atomic E-state index is -0.931. The quantitative estimate of drug-likeness (QED) is 0.382. The molecular formula is C27H22ClN5O3S. The molecule has 0 aliphatic carbocycles. The van der Waals surface area contributed by atoms with Crippen LogP contribution in [-0.2, 0) is 9.59 Å². The molecule has 0 aromatic heterocycles. The zero-order valence-corrected chi connectivity index (χ0v) is 21.3. The highest BCUT2D eigenvalue weighted by Crippen LogP contribution is 2.36. The second-order valence-electron chi connectivity index (χ2n) is 7.78. The van der Waals surface area contributed by atoms with Crippen molar-refractivity contribution in [2.45, 2.75) is 12.2 Å². The molecular weight excluding hydrogens is 510 g/mol. The lowest BCUT2D eigenvalue weighted by molar-refractivity contribution is -0.115. The van der Waals surface area contributed by atoms with Crippen molar-refractivity contribution in [3.63, 3.8) is 0 Å². The number of carbonyl (C=O) groups excluding carboxylic acids is 2. The largest absolute Gasteiger partial charge is 0.494 e. The molecule has 1 unspecified atom stereocenters. The molecule has 3 aromatic rings. The van der Waals surface area contributed by atoms with Gasteiger partial charge in [-0.2, -0.15) is 5.26 Å². The molecule has 1 heterocycles. The number of thioether (sulfide) groups is 1. The number of hydrogen-bond donors (Lipinski definition) is 3. The fourth-order valence-corrected chi connectivity index (χ4v) is 4.76. The average Bonchev–Trinajstić information content (AvgIpc) is 3.22. The summed E-state index contributed by atoms with van der Waals surface area (Å²) in [6.45, 7) is 2.42. The number of aliphatic imine (C=N–C) groups is 1. The van der Waals surface area contributed by atoms with Crippen LogP contribution < -0.4 is 21.1 Å². The molecule has 4 rings (SSSR count). The van der Waals surface area contributed by atoms with Crippen molar-refractivity contribution in [1.29, 1.82) is 5.26 Å². The van der Waals surface area contributed by atoms with Gasteiger partial charge in [0.2, 0.25) is 5.91 Å². The summed E-state index contributed by atoms with van der Waals surface area (Å²) in [5.74, 6) is -0.293. The van der Waals surface area contributed by atoms with Crippen molar-refractivity contribution in [2.24, 2.45) is 10.7 Å². The molecule has 1 atom stereocenters.